The van der Waals surface area contributed by atoms with Crippen molar-refractivity contribution in [3.8, 4) is 0 Å². The number of nitrogens with zero attached hydrogens (tertiary/aromatic N) is 1. The van der Waals surface area contributed by atoms with E-state index in [0.717, 1.165) is 11.1 Å². The van der Waals surface area contributed by atoms with Crippen LogP contribution in [-0.4, -0.2) is 11.0 Å². The van der Waals surface area contributed by atoms with Crippen LogP contribution in [0.1, 0.15) is 21.6 Å². The van der Waals surface area contributed by atoms with Crippen molar-refractivity contribution in [2.45, 2.75) is 13.5 Å². The number of rotatable bonds is 3. The lowest BCUT2D eigenvalue weighted by atomic mass is 10.1. The van der Waals surface area contributed by atoms with Gasteiger partial charge in [0, 0.05) is 6.20 Å². The first-order valence-electron chi connectivity index (χ1n) is 5.72. The van der Waals surface area contributed by atoms with E-state index in [0.29, 0.717) is 0 Å². The first-order valence-corrected chi connectivity index (χ1v) is 6.85. The highest BCUT2D eigenvalue weighted by molar-refractivity contribution is 6.48. The highest BCUT2D eigenvalue weighted by atomic mass is 35.5. The number of esters is 1. The van der Waals surface area contributed by atoms with Crippen molar-refractivity contribution in [3.05, 3.63) is 62.4 Å². The summed E-state index contributed by atoms with van der Waals surface area (Å²) in [4.78, 5) is 15.8. The SMILES string of the molecule is Cc1ccccc1COC(=O)c1ncc(Cl)c(Cl)c1Cl. The Hall–Kier alpha value is -1.29. The van der Waals surface area contributed by atoms with Gasteiger partial charge in [0.15, 0.2) is 5.69 Å². The number of halogens is 3. The summed E-state index contributed by atoms with van der Waals surface area (Å²) < 4.78 is 5.18. The maximum atomic E-state index is 11.9. The summed E-state index contributed by atoms with van der Waals surface area (Å²) in [6, 6.07) is 7.61. The Morgan fingerprint density at radius 3 is 2.60 bits per heavy atom. The van der Waals surface area contributed by atoms with Crippen LogP contribution in [0.3, 0.4) is 0 Å². The Morgan fingerprint density at radius 1 is 1.20 bits per heavy atom. The third kappa shape index (κ3) is 3.23. The molecule has 3 nitrogen and oxygen atoms in total. The number of aromatic nitrogens is 1. The van der Waals surface area contributed by atoms with E-state index in [4.69, 9.17) is 39.5 Å². The van der Waals surface area contributed by atoms with E-state index < -0.39 is 5.97 Å². The van der Waals surface area contributed by atoms with Gasteiger partial charge in [-0.3, -0.25) is 0 Å². The number of hydrogen-bond donors (Lipinski definition) is 0. The average molecular weight is 331 g/mol. The van der Waals surface area contributed by atoms with Crippen molar-refractivity contribution in [2.24, 2.45) is 0 Å². The van der Waals surface area contributed by atoms with E-state index in [1.807, 2.05) is 31.2 Å². The minimum absolute atomic E-state index is 0.00560. The monoisotopic (exact) mass is 329 g/mol. The van der Waals surface area contributed by atoms with Crippen LogP contribution in [0.4, 0.5) is 0 Å². The zero-order chi connectivity index (χ0) is 14.7. The topological polar surface area (TPSA) is 39.2 Å². The van der Waals surface area contributed by atoms with Crippen LogP contribution in [0.5, 0.6) is 0 Å². The van der Waals surface area contributed by atoms with Gasteiger partial charge in [0.1, 0.15) is 6.61 Å². The van der Waals surface area contributed by atoms with E-state index in [1.54, 1.807) is 0 Å². The summed E-state index contributed by atoms with van der Waals surface area (Å²) in [7, 11) is 0. The Labute approximate surface area is 131 Å². The van der Waals surface area contributed by atoms with E-state index in [2.05, 4.69) is 4.98 Å². The Balaban J connectivity index is 2.14. The molecular formula is C14H10Cl3NO2. The van der Waals surface area contributed by atoms with Crippen molar-refractivity contribution < 1.29 is 9.53 Å². The summed E-state index contributed by atoms with van der Waals surface area (Å²) in [6.07, 6.45) is 1.26. The van der Waals surface area contributed by atoms with Gasteiger partial charge in [0.05, 0.1) is 15.1 Å². The van der Waals surface area contributed by atoms with Crippen molar-refractivity contribution >= 4 is 40.8 Å². The molecule has 1 aromatic heterocycles. The van der Waals surface area contributed by atoms with Gasteiger partial charge in [-0.2, -0.15) is 0 Å². The molecule has 0 N–H and O–H groups in total. The van der Waals surface area contributed by atoms with E-state index in [9.17, 15) is 4.79 Å². The van der Waals surface area contributed by atoms with E-state index in [-0.39, 0.29) is 27.4 Å². The quantitative estimate of drug-likeness (QED) is 0.765. The van der Waals surface area contributed by atoms with Gasteiger partial charge in [-0.05, 0) is 18.1 Å². The number of aryl methyl sites for hydroxylation is 1. The molecule has 2 rings (SSSR count). The molecule has 0 unspecified atom stereocenters. The molecule has 0 fully saturated rings. The molecule has 104 valence electrons. The summed E-state index contributed by atoms with van der Waals surface area (Å²) in [5, 5.41) is 0.271. The molecule has 0 saturated heterocycles. The fraction of sp³-hybridized carbons (Fsp3) is 0.143. The average Bonchev–Trinajstić information content (AvgIpc) is 2.44. The molecule has 0 saturated carbocycles. The van der Waals surface area contributed by atoms with Gasteiger partial charge in [0.2, 0.25) is 0 Å². The van der Waals surface area contributed by atoms with Crippen LogP contribution in [-0.2, 0) is 11.3 Å². The van der Waals surface area contributed by atoms with Crippen molar-refractivity contribution in [3.63, 3.8) is 0 Å². The zero-order valence-corrected chi connectivity index (χ0v) is 12.8. The fourth-order valence-electron chi connectivity index (χ4n) is 1.57. The second-order valence-corrected chi connectivity index (χ2v) is 5.25. The molecular weight excluding hydrogens is 321 g/mol. The van der Waals surface area contributed by atoms with Crippen molar-refractivity contribution in [2.75, 3.05) is 0 Å². The number of ether oxygens (including phenoxy) is 1. The Morgan fingerprint density at radius 2 is 1.90 bits per heavy atom. The lowest BCUT2D eigenvalue weighted by Gasteiger charge is -2.08. The number of pyridine rings is 1. The maximum Gasteiger partial charge on any atom is 0.358 e. The van der Waals surface area contributed by atoms with Gasteiger partial charge in [-0.15, -0.1) is 0 Å². The summed E-state index contributed by atoms with van der Waals surface area (Å²) in [5.74, 6) is -0.642. The fourth-order valence-corrected chi connectivity index (χ4v) is 2.13. The van der Waals surface area contributed by atoms with Crippen molar-refractivity contribution in [1.82, 2.24) is 4.98 Å². The van der Waals surface area contributed by atoms with Gasteiger partial charge in [-0.25, -0.2) is 9.78 Å². The maximum absolute atomic E-state index is 11.9. The number of carbonyl (C=O) groups is 1. The molecule has 0 atom stereocenters. The number of hydrogen-bond acceptors (Lipinski definition) is 3. The molecule has 6 heteroatoms. The molecule has 1 heterocycles. The smallest absolute Gasteiger partial charge is 0.358 e. The van der Waals surface area contributed by atoms with E-state index >= 15 is 0 Å². The van der Waals surface area contributed by atoms with Gasteiger partial charge < -0.3 is 4.74 Å². The Kier molecular flexibility index (Phi) is 4.86. The molecule has 0 aliphatic heterocycles. The van der Waals surface area contributed by atoms with Gasteiger partial charge >= 0.3 is 5.97 Å². The summed E-state index contributed by atoms with van der Waals surface area (Å²) in [6.45, 7) is 2.08. The highest BCUT2D eigenvalue weighted by Crippen LogP contribution is 2.31. The van der Waals surface area contributed by atoms with Crippen LogP contribution in [0, 0.1) is 6.92 Å². The highest BCUT2D eigenvalue weighted by Gasteiger charge is 2.18. The number of benzene rings is 1. The molecule has 0 amide bonds. The van der Waals surface area contributed by atoms with Crippen LogP contribution in [0.2, 0.25) is 15.1 Å². The molecule has 0 aliphatic carbocycles. The molecule has 0 radical (unpaired) electrons. The summed E-state index contributed by atoms with van der Waals surface area (Å²) >= 11 is 17.5. The molecule has 20 heavy (non-hydrogen) atoms. The first-order chi connectivity index (χ1) is 9.50. The normalized spacial score (nSPS) is 10.4. The van der Waals surface area contributed by atoms with Crippen LogP contribution in [0.25, 0.3) is 0 Å². The van der Waals surface area contributed by atoms with Gasteiger partial charge in [0.25, 0.3) is 0 Å². The third-order valence-electron chi connectivity index (χ3n) is 2.73. The minimum Gasteiger partial charge on any atom is -0.456 e. The second kappa shape index (κ2) is 6.44. The lowest BCUT2D eigenvalue weighted by molar-refractivity contribution is 0.0465. The molecule has 2 aromatic rings. The van der Waals surface area contributed by atoms with Crippen LogP contribution in [0.15, 0.2) is 30.5 Å². The second-order valence-electron chi connectivity index (χ2n) is 4.09. The first kappa shape index (κ1) is 15.1. The number of carbonyl (C=O) groups excluding carboxylic acids is 1. The van der Waals surface area contributed by atoms with Crippen LogP contribution >= 0.6 is 34.8 Å². The predicted octanol–water partition coefficient (Wildman–Crippen LogP) is 4.71. The van der Waals surface area contributed by atoms with Crippen LogP contribution < -0.4 is 0 Å². The molecule has 0 bridgehead atoms. The minimum atomic E-state index is -0.642. The van der Waals surface area contributed by atoms with E-state index in [1.165, 1.54) is 6.20 Å². The summed E-state index contributed by atoms with van der Waals surface area (Å²) in [5.41, 5.74) is 1.90. The largest absolute Gasteiger partial charge is 0.456 e. The van der Waals surface area contributed by atoms with Gasteiger partial charge in [-0.1, -0.05) is 59.1 Å². The molecule has 0 spiro atoms. The molecule has 0 aliphatic rings. The zero-order valence-electron chi connectivity index (χ0n) is 10.5. The Bertz CT molecular complexity index is 659. The third-order valence-corrected chi connectivity index (χ3v) is 3.97. The lowest BCUT2D eigenvalue weighted by Crippen LogP contribution is -2.09. The predicted molar refractivity (Wildman–Crippen MR) is 79.6 cm³/mol. The molecule has 1 aromatic carbocycles. The van der Waals surface area contributed by atoms with Crippen molar-refractivity contribution in [1.29, 1.82) is 0 Å². The standard InChI is InChI=1S/C14H10Cl3NO2/c1-8-4-2-3-5-9(8)7-20-14(19)13-12(17)11(16)10(15)6-18-13/h2-6H,7H2,1H3.